The molecule has 0 bridgehead atoms. The second kappa shape index (κ2) is 9.06. The maximum absolute atomic E-state index is 13.7. The first-order chi connectivity index (χ1) is 13.0. The molecule has 2 aromatic rings. The molecule has 2 rings (SSSR count). The topological polar surface area (TPSA) is 20.3 Å². The number of hydrogen-bond acceptors (Lipinski definition) is 1. The zero-order valence-corrected chi connectivity index (χ0v) is 20.5. The lowest BCUT2D eigenvalue weighted by Gasteiger charge is -2.46. The normalized spacial score (nSPS) is 12.9. The molecule has 0 aliphatic heterocycles. The van der Waals surface area contributed by atoms with Gasteiger partial charge in [0.05, 0.1) is 16.1 Å². The fourth-order valence-electron chi connectivity index (χ4n) is 4.38. The first kappa shape index (κ1) is 22.4. The van der Waals surface area contributed by atoms with Crippen molar-refractivity contribution < 1.29 is 4.79 Å². The van der Waals surface area contributed by atoms with Crippen molar-refractivity contribution in [2.45, 2.75) is 58.0 Å². The van der Waals surface area contributed by atoms with Crippen molar-refractivity contribution in [2.75, 3.05) is 0 Å². The van der Waals surface area contributed by atoms with E-state index in [0.29, 0.717) is 11.8 Å². The van der Waals surface area contributed by atoms with Crippen LogP contribution >= 0.6 is 0 Å². The third-order valence-corrected chi connectivity index (χ3v) is 14.0. The van der Waals surface area contributed by atoms with Gasteiger partial charge in [0.2, 0.25) is 5.91 Å². The van der Waals surface area contributed by atoms with E-state index in [2.05, 4.69) is 68.4 Å². The number of amides is 1. The number of benzene rings is 2. The Kier molecular flexibility index (Phi) is 7.24. The summed E-state index contributed by atoms with van der Waals surface area (Å²) in [4.78, 5) is 15.9. The summed E-state index contributed by atoms with van der Waals surface area (Å²) in [6, 6.07) is 20.5. The SMILES string of the molecule is C/C(=C\c1ccccc1)C(=O)N(Cc1ccccc1)C([Si](C)(C)C)[Si](C)(C)C. The van der Waals surface area contributed by atoms with Gasteiger partial charge in [0.15, 0.2) is 0 Å². The molecule has 2 nitrogen and oxygen atoms in total. The van der Waals surface area contributed by atoms with Gasteiger partial charge in [0.1, 0.15) is 0 Å². The Morgan fingerprint density at radius 1 is 0.857 bits per heavy atom. The summed E-state index contributed by atoms with van der Waals surface area (Å²) in [5, 5.41) is 0.367. The van der Waals surface area contributed by atoms with Gasteiger partial charge in [0, 0.05) is 17.4 Å². The highest BCUT2D eigenvalue weighted by Gasteiger charge is 2.43. The van der Waals surface area contributed by atoms with Crippen LogP contribution in [0.3, 0.4) is 0 Å². The van der Waals surface area contributed by atoms with Crippen molar-refractivity contribution in [2.24, 2.45) is 0 Å². The minimum absolute atomic E-state index is 0.169. The fourth-order valence-corrected chi connectivity index (χ4v) is 17.1. The molecule has 150 valence electrons. The van der Waals surface area contributed by atoms with Crippen LogP contribution in [0.5, 0.6) is 0 Å². The van der Waals surface area contributed by atoms with E-state index in [0.717, 1.165) is 11.1 Å². The number of hydrogen-bond donors (Lipinski definition) is 0. The van der Waals surface area contributed by atoms with Crippen molar-refractivity contribution in [3.8, 4) is 0 Å². The zero-order valence-electron chi connectivity index (χ0n) is 18.5. The van der Waals surface area contributed by atoms with Crippen molar-refractivity contribution >= 4 is 28.1 Å². The third-order valence-electron chi connectivity index (χ3n) is 4.93. The van der Waals surface area contributed by atoms with Crippen LogP contribution in [0.15, 0.2) is 66.2 Å². The molecule has 1 amide bonds. The molecular formula is C24H35NOSi2. The third kappa shape index (κ3) is 6.04. The number of rotatable bonds is 7. The van der Waals surface area contributed by atoms with E-state index in [1.165, 1.54) is 5.56 Å². The summed E-state index contributed by atoms with van der Waals surface area (Å²) >= 11 is 0. The monoisotopic (exact) mass is 409 g/mol. The molecule has 2 aromatic carbocycles. The van der Waals surface area contributed by atoms with E-state index in [-0.39, 0.29) is 5.91 Å². The number of nitrogens with zero attached hydrogens (tertiary/aromatic N) is 1. The Morgan fingerprint density at radius 2 is 1.32 bits per heavy atom. The van der Waals surface area contributed by atoms with Gasteiger partial charge in [-0.05, 0) is 24.1 Å². The molecule has 28 heavy (non-hydrogen) atoms. The molecular weight excluding hydrogens is 374 g/mol. The first-order valence-electron chi connectivity index (χ1n) is 10.1. The van der Waals surface area contributed by atoms with Crippen molar-refractivity contribution in [1.82, 2.24) is 4.90 Å². The van der Waals surface area contributed by atoms with Gasteiger partial charge in [-0.15, -0.1) is 0 Å². The highest BCUT2D eigenvalue weighted by molar-refractivity contribution is 6.96. The maximum atomic E-state index is 13.7. The van der Waals surface area contributed by atoms with Crippen LogP contribution in [0.25, 0.3) is 6.08 Å². The standard InChI is InChI=1S/C24H35NOSi2/c1-20(18-21-14-10-8-11-15-21)23(26)25(19-22-16-12-9-13-17-22)24(27(2,3)4)28(5,6)7/h8-18,24H,19H2,1-7H3/b20-18+. The van der Waals surface area contributed by atoms with E-state index in [4.69, 9.17) is 0 Å². The molecule has 0 spiro atoms. The van der Waals surface area contributed by atoms with Crippen LogP contribution in [0.1, 0.15) is 18.1 Å². The lowest BCUT2D eigenvalue weighted by atomic mass is 10.1. The summed E-state index contributed by atoms with van der Waals surface area (Å²) in [6.45, 7) is 17.0. The van der Waals surface area contributed by atoms with Gasteiger partial charge in [-0.1, -0.05) is 99.9 Å². The van der Waals surface area contributed by atoms with Crippen LogP contribution in [-0.4, -0.2) is 32.2 Å². The van der Waals surface area contributed by atoms with Crippen molar-refractivity contribution in [3.05, 3.63) is 77.4 Å². The molecule has 0 aromatic heterocycles. The van der Waals surface area contributed by atoms with Crippen LogP contribution < -0.4 is 0 Å². The van der Waals surface area contributed by atoms with E-state index >= 15 is 0 Å². The lowest BCUT2D eigenvalue weighted by Crippen LogP contribution is -2.64. The van der Waals surface area contributed by atoms with Crippen LogP contribution in [0, 0.1) is 0 Å². The molecule has 4 heteroatoms. The molecule has 0 saturated heterocycles. The minimum Gasteiger partial charge on any atom is -0.337 e. The molecule has 0 saturated carbocycles. The number of carbonyl (C=O) groups excluding carboxylic acids is 1. The average molecular weight is 410 g/mol. The largest absolute Gasteiger partial charge is 0.337 e. The molecule has 0 heterocycles. The molecule has 0 aliphatic rings. The van der Waals surface area contributed by atoms with Gasteiger partial charge in [-0.2, -0.15) is 0 Å². The highest BCUT2D eigenvalue weighted by Crippen LogP contribution is 2.28. The van der Waals surface area contributed by atoms with Gasteiger partial charge in [0.25, 0.3) is 0 Å². The van der Waals surface area contributed by atoms with Crippen molar-refractivity contribution in [3.63, 3.8) is 0 Å². The average Bonchev–Trinajstić information content (AvgIpc) is 2.60. The van der Waals surface area contributed by atoms with Gasteiger partial charge in [-0.3, -0.25) is 4.79 Å². The lowest BCUT2D eigenvalue weighted by molar-refractivity contribution is -0.127. The van der Waals surface area contributed by atoms with Crippen molar-refractivity contribution in [1.29, 1.82) is 0 Å². The quantitative estimate of drug-likeness (QED) is 0.391. The van der Waals surface area contributed by atoms with Gasteiger partial charge in [-0.25, -0.2) is 0 Å². The van der Waals surface area contributed by atoms with E-state index in [1.54, 1.807) is 0 Å². The predicted octanol–water partition coefficient (Wildman–Crippen LogP) is 6.24. The minimum atomic E-state index is -1.60. The smallest absolute Gasteiger partial charge is 0.249 e. The molecule has 0 N–H and O–H groups in total. The zero-order chi connectivity index (χ0) is 20.9. The molecule has 0 unspecified atom stereocenters. The first-order valence-corrected chi connectivity index (χ1v) is 17.2. The summed E-state index contributed by atoms with van der Waals surface area (Å²) < 4.78 is 0. The van der Waals surface area contributed by atoms with Crippen LogP contribution in [0.2, 0.25) is 39.3 Å². The Balaban J connectivity index is 2.47. The Bertz CT molecular complexity index is 788. The molecule has 0 radical (unpaired) electrons. The Morgan fingerprint density at radius 3 is 1.79 bits per heavy atom. The molecule has 0 fully saturated rings. The van der Waals surface area contributed by atoms with E-state index in [9.17, 15) is 4.79 Å². The molecule has 0 atom stereocenters. The van der Waals surface area contributed by atoms with E-state index < -0.39 is 16.1 Å². The highest BCUT2D eigenvalue weighted by atomic mass is 28.4. The second-order valence-corrected chi connectivity index (χ2v) is 20.9. The summed E-state index contributed by atoms with van der Waals surface area (Å²) in [7, 11) is -3.20. The summed E-state index contributed by atoms with van der Waals surface area (Å²) in [5.74, 6) is 0.169. The Labute approximate surface area is 173 Å². The summed E-state index contributed by atoms with van der Waals surface area (Å²) in [5.41, 5.74) is 3.08. The molecule has 0 aliphatic carbocycles. The van der Waals surface area contributed by atoms with Crippen LogP contribution in [0.4, 0.5) is 0 Å². The maximum Gasteiger partial charge on any atom is 0.249 e. The predicted molar refractivity (Wildman–Crippen MR) is 128 cm³/mol. The summed E-state index contributed by atoms with van der Waals surface area (Å²) in [6.07, 6.45) is 2.02. The fraction of sp³-hybridized carbons (Fsp3) is 0.375. The Hall–Kier alpha value is -1.92. The second-order valence-electron chi connectivity index (χ2n) is 9.79. The van der Waals surface area contributed by atoms with Gasteiger partial charge >= 0.3 is 0 Å². The van der Waals surface area contributed by atoms with E-state index in [1.807, 2.05) is 49.4 Å². The van der Waals surface area contributed by atoms with Gasteiger partial charge < -0.3 is 4.90 Å². The number of carbonyl (C=O) groups is 1. The van der Waals surface area contributed by atoms with Crippen LogP contribution in [-0.2, 0) is 11.3 Å².